The molecule has 1 N–H and O–H groups in total. The molecule has 1 nitrogen and oxygen atoms in total. The maximum absolute atomic E-state index is 12.8. The van der Waals surface area contributed by atoms with Gasteiger partial charge in [-0.25, -0.2) is 13.2 Å². The van der Waals surface area contributed by atoms with Crippen LogP contribution in [0.5, 0.6) is 0 Å². The van der Waals surface area contributed by atoms with Crippen LogP contribution in [-0.4, -0.2) is 13.0 Å². The van der Waals surface area contributed by atoms with E-state index in [1.807, 2.05) is 0 Å². The van der Waals surface area contributed by atoms with Gasteiger partial charge in [0.05, 0.1) is 6.04 Å². The maximum atomic E-state index is 12.8. The highest BCUT2D eigenvalue weighted by Gasteiger charge is 2.21. The molecule has 0 aromatic heterocycles. The minimum absolute atomic E-state index is 0.279. The Morgan fingerprint density at radius 2 is 2.07 bits per heavy atom. The van der Waals surface area contributed by atoms with Crippen molar-refractivity contribution >= 4 is 0 Å². The lowest BCUT2D eigenvalue weighted by molar-refractivity contribution is 0.0992. The molecule has 0 heterocycles. The Labute approximate surface area is 80.9 Å². The fourth-order valence-electron chi connectivity index (χ4n) is 1.27. The van der Waals surface area contributed by atoms with Crippen LogP contribution < -0.4 is 5.32 Å². The normalized spacial score (nSPS) is 13.2. The Hall–Kier alpha value is -1.03. The van der Waals surface area contributed by atoms with E-state index in [9.17, 15) is 13.2 Å². The highest BCUT2D eigenvalue weighted by molar-refractivity contribution is 5.20. The number of hydrogen-bond acceptors (Lipinski definition) is 1. The van der Waals surface area contributed by atoms with Crippen molar-refractivity contribution in [3.05, 3.63) is 35.6 Å². The number of nitrogens with one attached hydrogen (secondary N) is 1. The molecule has 0 bridgehead atoms. The van der Waals surface area contributed by atoms with Gasteiger partial charge in [0.2, 0.25) is 0 Å². The fraction of sp³-hybridized carbons (Fsp3) is 0.400. The van der Waals surface area contributed by atoms with Gasteiger partial charge in [-0.3, -0.25) is 0 Å². The topological polar surface area (TPSA) is 12.0 Å². The van der Waals surface area contributed by atoms with Crippen molar-refractivity contribution in [1.82, 2.24) is 5.32 Å². The molecule has 0 fully saturated rings. The molecule has 78 valence electrons. The predicted molar refractivity (Wildman–Crippen MR) is 48.8 cm³/mol. The molecule has 0 radical (unpaired) electrons. The van der Waals surface area contributed by atoms with Gasteiger partial charge in [-0.05, 0) is 24.2 Å². The molecule has 0 amide bonds. The second-order valence-electron chi connectivity index (χ2n) is 2.92. The van der Waals surface area contributed by atoms with E-state index in [-0.39, 0.29) is 5.56 Å². The first-order valence-electron chi connectivity index (χ1n) is 4.42. The molecule has 0 aliphatic carbocycles. The third-order valence-corrected chi connectivity index (χ3v) is 1.88. The van der Waals surface area contributed by atoms with Gasteiger partial charge < -0.3 is 5.32 Å². The summed E-state index contributed by atoms with van der Waals surface area (Å²) < 4.78 is 37.8. The molecular formula is C10H12F3N. The summed E-state index contributed by atoms with van der Waals surface area (Å²) in [5, 5.41) is 2.61. The van der Waals surface area contributed by atoms with E-state index in [2.05, 4.69) is 5.32 Å². The number of rotatable bonds is 4. The van der Waals surface area contributed by atoms with Gasteiger partial charge in [0.1, 0.15) is 5.82 Å². The van der Waals surface area contributed by atoms with Crippen molar-refractivity contribution < 1.29 is 13.2 Å². The monoisotopic (exact) mass is 203 g/mol. The molecule has 4 heteroatoms. The molecule has 1 unspecified atom stereocenters. The van der Waals surface area contributed by atoms with E-state index >= 15 is 0 Å². The molecular weight excluding hydrogens is 191 g/mol. The average Bonchev–Trinajstić information content (AvgIpc) is 2.13. The van der Waals surface area contributed by atoms with E-state index in [1.54, 1.807) is 6.92 Å². The van der Waals surface area contributed by atoms with Crippen LogP contribution in [0, 0.1) is 5.82 Å². The number of halogens is 3. The fourth-order valence-corrected chi connectivity index (χ4v) is 1.27. The molecule has 1 atom stereocenters. The Morgan fingerprint density at radius 3 is 2.57 bits per heavy atom. The van der Waals surface area contributed by atoms with E-state index in [0.29, 0.717) is 6.54 Å². The van der Waals surface area contributed by atoms with Crippen molar-refractivity contribution in [1.29, 1.82) is 0 Å². The van der Waals surface area contributed by atoms with Gasteiger partial charge in [-0.2, -0.15) is 0 Å². The Kier molecular flexibility index (Phi) is 3.95. The smallest absolute Gasteiger partial charge is 0.257 e. The number of hydrogen-bond donors (Lipinski definition) is 1. The number of alkyl halides is 2. The van der Waals surface area contributed by atoms with Crippen molar-refractivity contribution in [3.63, 3.8) is 0 Å². The minimum atomic E-state index is -2.53. The highest BCUT2D eigenvalue weighted by atomic mass is 19.3. The van der Waals surface area contributed by atoms with Gasteiger partial charge in [0, 0.05) is 0 Å². The van der Waals surface area contributed by atoms with Crippen LogP contribution in [0.2, 0.25) is 0 Å². The minimum Gasteiger partial charge on any atom is -0.306 e. The molecule has 0 aliphatic heterocycles. The largest absolute Gasteiger partial charge is 0.306 e. The highest BCUT2D eigenvalue weighted by Crippen LogP contribution is 2.20. The van der Waals surface area contributed by atoms with Crippen LogP contribution in [0.3, 0.4) is 0 Å². The molecule has 0 saturated carbocycles. The first-order valence-corrected chi connectivity index (χ1v) is 4.42. The lowest BCUT2D eigenvalue weighted by Gasteiger charge is -2.17. The van der Waals surface area contributed by atoms with Gasteiger partial charge in [-0.1, -0.05) is 19.1 Å². The standard InChI is InChI=1S/C10H12F3N/c1-2-14-9(10(12)13)7-4-3-5-8(11)6-7/h3-6,9-10,14H,2H2,1H3. The zero-order valence-corrected chi connectivity index (χ0v) is 7.81. The zero-order chi connectivity index (χ0) is 10.6. The summed E-state index contributed by atoms with van der Waals surface area (Å²) in [6.45, 7) is 2.15. The van der Waals surface area contributed by atoms with Gasteiger partial charge in [0.15, 0.2) is 0 Å². The molecule has 0 spiro atoms. The summed E-state index contributed by atoms with van der Waals surface area (Å²) in [6.07, 6.45) is -2.53. The summed E-state index contributed by atoms with van der Waals surface area (Å²) >= 11 is 0. The van der Waals surface area contributed by atoms with Crippen LogP contribution in [0.15, 0.2) is 24.3 Å². The first-order chi connectivity index (χ1) is 6.65. The summed E-state index contributed by atoms with van der Waals surface area (Å²) in [5.41, 5.74) is 0.279. The molecule has 0 saturated heterocycles. The van der Waals surface area contributed by atoms with Crippen LogP contribution >= 0.6 is 0 Å². The van der Waals surface area contributed by atoms with E-state index in [4.69, 9.17) is 0 Å². The maximum Gasteiger partial charge on any atom is 0.257 e. The third-order valence-electron chi connectivity index (χ3n) is 1.88. The van der Waals surface area contributed by atoms with Crippen molar-refractivity contribution in [3.8, 4) is 0 Å². The van der Waals surface area contributed by atoms with Crippen LogP contribution in [0.25, 0.3) is 0 Å². The van der Waals surface area contributed by atoms with Gasteiger partial charge in [0.25, 0.3) is 6.43 Å². The first kappa shape index (κ1) is 11.0. The van der Waals surface area contributed by atoms with Crippen molar-refractivity contribution in [2.24, 2.45) is 0 Å². The lowest BCUT2D eigenvalue weighted by atomic mass is 10.1. The van der Waals surface area contributed by atoms with Crippen molar-refractivity contribution in [2.75, 3.05) is 6.54 Å². The Bertz CT molecular complexity index is 288. The van der Waals surface area contributed by atoms with Gasteiger partial charge >= 0.3 is 0 Å². The van der Waals surface area contributed by atoms with E-state index in [0.717, 1.165) is 6.07 Å². The summed E-state index contributed by atoms with van der Waals surface area (Å²) in [7, 11) is 0. The van der Waals surface area contributed by atoms with E-state index in [1.165, 1.54) is 18.2 Å². The molecule has 1 aromatic carbocycles. The van der Waals surface area contributed by atoms with Gasteiger partial charge in [-0.15, -0.1) is 0 Å². The molecule has 1 rings (SSSR count). The lowest BCUT2D eigenvalue weighted by Crippen LogP contribution is -2.27. The molecule has 14 heavy (non-hydrogen) atoms. The summed E-state index contributed by atoms with van der Waals surface area (Å²) in [6, 6.07) is 4.19. The second kappa shape index (κ2) is 5.00. The van der Waals surface area contributed by atoms with Crippen LogP contribution in [-0.2, 0) is 0 Å². The third kappa shape index (κ3) is 2.73. The SMILES string of the molecule is CCNC(c1cccc(F)c1)C(F)F. The molecule has 1 aromatic rings. The van der Waals surface area contributed by atoms with Crippen LogP contribution in [0.1, 0.15) is 18.5 Å². The summed E-state index contributed by atoms with van der Waals surface area (Å²) in [4.78, 5) is 0. The van der Waals surface area contributed by atoms with E-state index < -0.39 is 18.3 Å². The Morgan fingerprint density at radius 1 is 1.36 bits per heavy atom. The quantitative estimate of drug-likeness (QED) is 0.793. The summed E-state index contributed by atoms with van der Waals surface area (Å²) in [5.74, 6) is -0.494. The second-order valence-corrected chi connectivity index (χ2v) is 2.92. The predicted octanol–water partition coefficient (Wildman–Crippen LogP) is 2.74. The van der Waals surface area contributed by atoms with Crippen molar-refractivity contribution in [2.45, 2.75) is 19.4 Å². The molecule has 0 aliphatic rings. The Balaban J connectivity index is 2.87. The zero-order valence-electron chi connectivity index (χ0n) is 7.81. The number of benzene rings is 1. The average molecular weight is 203 g/mol. The van der Waals surface area contributed by atoms with Crippen LogP contribution in [0.4, 0.5) is 13.2 Å².